The summed E-state index contributed by atoms with van der Waals surface area (Å²) in [6, 6.07) is 7.76. The summed E-state index contributed by atoms with van der Waals surface area (Å²) in [5.74, 6) is 1.68. The number of nitrogens with zero attached hydrogens (tertiary/aromatic N) is 2. The van der Waals surface area contributed by atoms with E-state index in [1.165, 1.54) is 0 Å². The monoisotopic (exact) mass is 288 g/mol. The van der Waals surface area contributed by atoms with Crippen LogP contribution in [-0.2, 0) is 13.1 Å². The maximum absolute atomic E-state index is 10.0. The quantitative estimate of drug-likeness (QED) is 0.879. The standard InChI is InChI=1S/C17H24N2O2/c1-12(2)14(4)19(10-15-6-5-9-21-15)11-16-17(20)8-7-13(3)18-16/h5-9,12,14,20H,10-11H2,1-4H3. The van der Waals surface area contributed by atoms with Gasteiger partial charge in [-0.15, -0.1) is 0 Å². The Kier molecular flexibility index (Phi) is 5.02. The molecule has 0 bridgehead atoms. The Morgan fingerprint density at radius 2 is 1.95 bits per heavy atom. The van der Waals surface area contributed by atoms with Crippen molar-refractivity contribution < 1.29 is 9.52 Å². The van der Waals surface area contributed by atoms with Crippen LogP contribution >= 0.6 is 0 Å². The van der Waals surface area contributed by atoms with E-state index in [0.717, 1.165) is 11.5 Å². The first kappa shape index (κ1) is 15.6. The van der Waals surface area contributed by atoms with Crippen molar-refractivity contribution in [3.63, 3.8) is 0 Å². The van der Waals surface area contributed by atoms with Crippen LogP contribution in [0.3, 0.4) is 0 Å². The number of aromatic nitrogens is 1. The summed E-state index contributed by atoms with van der Waals surface area (Å²) in [5, 5.41) is 10.0. The average Bonchev–Trinajstić information content (AvgIpc) is 2.94. The maximum Gasteiger partial charge on any atom is 0.138 e. The summed E-state index contributed by atoms with van der Waals surface area (Å²) in [5.41, 5.74) is 1.63. The van der Waals surface area contributed by atoms with Crippen LogP contribution in [0.5, 0.6) is 5.75 Å². The highest BCUT2D eigenvalue weighted by atomic mass is 16.3. The molecule has 1 unspecified atom stereocenters. The highest BCUT2D eigenvalue weighted by molar-refractivity contribution is 5.27. The zero-order valence-electron chi connectivity index (χ0n) is 13.2. The van der Waals surface area contributed by atoms with Gasteiger partial charge in [-0.05, 0) is 44.0 Å². The maximum atomic E-state index is 10.0. The van der Waals surface area contributed by atoms with E-state index in [9.17, 15) is 5.11 Å². The van der Waals surface area contributed by atoms with Crippen molar-refractivity contribution >= 4 is 0 Å². The first-order chi connectivity index (χ1) is 9.97. The summed E-state index contributed by atoms with van der Waals surface area (Å²) in [4.78, 5) is 6.74. The van der Waals surface area contributed by atoms with Gasteiger partial charge in [-0.3, -0.25) is 9.88 Å². The van der Waals surface area contributed by atoms with Crippen LogP contribution in [0.1, 0.15) is 37.9 Å². The largest absolute Gasteiger partial charge is 0.506 e. The first-order valence-electron chi connectivity index (χ1n) is 7.39. The van der Waals surface area contributed by atoms with Crippen molar-refractivity contribution in [2.45, 2.75) is 46.8 Å². The fourth-order valence-electron chi connectivity index (χ4n) is 2.28. The number of aromatic hydroxyl groups is 1. The zero-order chi connectivity index (χ0) is 15.4. The molecule has 0 spiro atoms. The van der Waals surface area contributed by atoms with Gasteiger partial charge in [0.1, 0.15) is 11.5 Å². The van der Waals surface area contributed by atoms with Gasteiger partial charge in [0.15, 0.2) is 0 Å². The second kappa shape index (κ2) is 6.76. The van der Waals surface area contributed by atoms with Crippen LogP contribution < -0.4 is 0 Å². The van der Waals surface area contributed by atoms with Gasteiger partial charge in [0.05, 0.1) is 18.5 Å². The molecule has 0 amide bonds. The molecule has 0 aliphatic rings. The summed E-state index contributed by atoms with van der Waals surface area (Å²) in [6.07, 6.45) is 1.69. The normalized spacial score (nSPS) is 13.0. The van der Waals surface area contributed by atoms with Gasteiger partial charge in [0.25, 0.3) is 0 Å². The van der Waals surface area contributed by atoms with Crippen molar-refractivity contribution in [1.29, 1.82) is 0 Å². The minimum Gasteiger partial charge on any atom is -0.506 e. The number of pyridine rings is 1. The predicted octanol–water partition coefficient (Wildman–Crippen LogP) is 3.74. The molecule has 0 aromatic carbocycles. The van der Waals surface area contributed by atoms with Crippen LogP contribution in [0.4, 0.5) is 0 Å². The molecule has 1 atom stereocenters. The lowest BCUT2D eigenvalue weighted by Gasteiger charge is -2.31. The van der Waals surface area contributed by atoms with Crippen molar-refractivity contribution in [2.24, 2.45) is 5.92 Å². The van der Waals surface area contributed by atoms with Crippen molar-refractivity contribution in [2.75, 3.05) is 0 Å². The highest BCUT2D eigenvalue weighted by Crippen LogP contribution is 2.22. The van der Waals surface area contributed by atoms with Gasteiger partial charge in [-0.1, -0.05) is 13.8 Å². The highest BCUT2D eigenvalue weighted by Gasteiger charge is 2.20. The molecular formula is C17H24N2O2. The van der Waals surface area contributed by atoms with Crippen molar-refractivity contribution in [1.82, 2.24) is 9.88 Å². The zero-order valence-corrected chi connectivity index (χ0v) is 13.2. The topological polar surface area (TPSA) is 49.5 Å². The van der Waals surface area contributed by atoms with Crippen LogP contribution in [0.25, 0.3) is 0 Å². The molecular weight excluding hydrogens is 264 g/mol. The molecule has 1 N–H and O–H groups in total. The van der Waals surface area contributed by atoms with Crippen molar-refractivity contribution in [3.8, 4) is 5.75 Å². The fourth-order valence-corrected chi connectivity index (χ4v) is 2.28. The Morgan fingerprint density at radius 3 is 2.57 bits per heavy atom. The molecule has 2 aromatic heterocycles. The molecule has 0 aliphatic carbocycles. The molecule has 4 heteroatoms. The van der Waals surface area contributed by atoms with Crippen molar-refractivity contribution in [3.05, 3.63) is 47.7 Å². The third-order valence-electron chi connectivity index (χ3n) is 3.92. The first-order valence-corrected chi connectivity index (χ1v) is 7.39. The van der Waals surface area contributed by atoms with Gasteiger partial charge in [0, 0.05) is 18.3 Å². The summed E-state index contributed by atoms with van der Waals surface area (Å²) >= 11 is 0. The van der Waals surface area contributed by atoms with Crippen LogP contribution in [0.2, 0.25) is 0 Å². The van der Waals surface area contributed by atoms with E-state index in [1.54, 1.807) is 12.3 Å². The number of rotatable bonds is 6. The number of hydrogen-bond acceptors (Lipinski definition) is 4. The Hall–Kier alpha value is -1.81. The van der Waals surface area contributed by atoms with Crippen LogP contribution in [0.15, 0.2) is 34.9 Å². The average molecular weight is 288 g/mol. The second-order valence-corrected chi connectivity index (χ2v) is 5.89. The van der Waals surface area contributed by atoms with E-state index in [1.807, 2.05) is 25.1 Å². The lowest BCUT2D eigenvalue weighted by atomic mass is 10.0. The molecule has 0 fully saturated rings. The number of furan rings is 1. The SMILES string of the molecule is Cc1ccc(O)c(CN(Cc2ccco2)C(C)C(C)C)n1. The Balaban J connectivity index is 2.20. The lowest BCUT2D eigenvalue weighted by Crippen LogP contribution is -2.36. The van der Waals surface area contributed by atoms with Crippen LogP contribution in [-0.4, -0.2) is 21.0 Å². The summed E-state index contributed by atoms with van der Waals surface area (Å²) in [6.45, 7) is 9.84. The molecule has 2 aromatic rings. The summed E-state index contributed by atoms with van der Waals surface area (Å²) in [7, 11) is 0. The van der Waals surface area contributed by atoms with E-state index < -0.39 is 0 Å². The molecule has 0 radical (unpaired) electrons. The Bertz CT molecular complexity index is 564. The number of aryl methyl sites for hydroxylation is 1. The van der Waals surface area contributed by atoms with E-state index in [2.05, 4.69) is 30.7 Å². The van der Waals surface area contributed by atoms with Gasteiger partial charge >= 0.3 is 0 Å². The predicted molar refractivity (Wildman–Crippen MR) is 82.9 cm³/mol. The van der Waals surface area contributed by atoms with E-state index in [4.69, 9.17) is 4.42 Å². The summed E-state index contributed by atoms with van der Waals surface area (Å²) < 4.78 is 5.46. The van der Waals surface area contributed by atoms with Gasteiger partial charge in [0.2, 0.25) is 0 Å². The minimum atomic E-state index is 0.251. The lowest BCUT2D eigenvalue weighted by molar-refractivity contribution is 0.137. The second-order valence-electron chi connectivity index (χ2n) is 5.89. The molecule has 4 nitrogen and oxygen atoms in total. The minimum absolute atomic E-state index is 0.251. The molecule has 0 saturated heterocycles. The Labute approximate surface area is 126 Å². The third-order valence-corrected chi connectivity index (χ3v) is 3.92. The molecule has 21 heavy (non-hydrogen) atoms. The number of hydrogen-bond donors (Lipinski definition) is 1. The Morgan fingerprint density at radius 1 is 1.19 bits per heavy atom. The smallest absolute Gasteiger partial charge is 0.138 e. The fraction of sp³-hybridized carbons (Fsp3) is 0.471. The molecule has 2 rings (SSSR count). The van der Waals surface area contributed by atoms with Gasteiger partial charge in [-0.2, -0.15) is 0 Å². The van der Waals surface area contributed by atoms with Crippen LogP contribution in [0, 0.1) is 12.8 Å². The van der Waals surface area contributed by atoms with E-state index in [-0.39, 0.29) is 5.75 Å². The molecule has 2 heterocycles. The van der Waals surface area contributed by atoms with E-state index >= 15 is 0 Å². The molecule has 0 saturated carbocycles. The van der Waals surface area contributed by atoms with E-state index in [0.29, 0.717) is 30.7 Å². The molecule has 0 aliphatic heterocycles. The van der Waals surface area contributed by atoms with Gasteiger partial charge < -0.3 is 9.52 Å². The third kappa shape index (κ3) is 4.08. The molecule has 114 valence electrons. The van der Waals surface area contributed by atoms with Gasteiger partial charge in [-0.25, -0.2) is 0 Å².